The molecule has 108 valence electrons. The molecule has 0 aromatic carbocycles. The second kappa shape index (κ2) is 8.42. The minimum absolute atomic E-state index is 0.482. The van der Waals surface area contributed by atoms with Crippen LogP contribution in [0.15, 0.2) is 18.2 Å². The number of anilines is 1. The first-order valence-electron chi connectivity index (χ1n) is 7.29. The van der Waals surface area contributed by atoms with E-state index in [4.69, 9.17) is 11.6 Å². The molecule has 19 heavy (non-hydrogen) atoms. The van der Waals surface area contributed by atoms with Gasteiger partial charge < -0.3 is 4.90 Å². The maximum Gasteiger partial charge on any atom is 0.128 e. The Morgan fingerprint density at radius 1 is 1.05 bits per heavy atom. The van der Waals surface area contributed by atoms with E-state index in [2.05, 4.69) is 49.7 Å². The van der Waals surface area contributed by atoms with Gasteiger partial charge in [-0.05, 0) is 36.8 Å². The van der Waals surface area contributed by atoms with Crippen LogP contribution in [0.25, 0.3) is 0 Å². The van der Waals surface area contributed by atoms with Crippen LogP contribution in [0.1, 0.15) is 46.2 Å². The SMILES string of the molecule is CC(C)CCN(CCC(C)C)c1cccc(CCl)n1. The zero-order valence-electron chi connectivity index (χ0n) is 12.7. The average molecular weight is 283 g/mol. The average Bonchev–Trinajstić information content (AvgIpc) is 2.38. The van der Waals surface area contributed by atoms with Crippen molar-refractivity contribution in [3.05, 3.63) is 23.9 Å². The van der Waals surface area contributed by atoms with Gasteiger partial charge in [0, 0.05) is 13.1 Å². The third-order valence-electron chi connectivity index (χ3n) is 3.21. The van der Waals surface area contributed by atoms with Crippen molar-refractivity contribution in [2.75, 3.05) is 18.0 Å². The molecule has 0 aliphatic heterocycles. The Morgan fingerprint density at radius 2 is 1.63 bits per heavy atom. The van der Waals surface area contributed by atoms with E-state index in [0.717, 1.165) is 36.4 Å². The fourth-order valence-electron chi connectivity index (χ4n) is 1.89. The first kappa shape index (κ1) is 16.3. The lowest BCUT2D eigenvalue weighted by atomic mass is 10.1. The molecule has 0 aliphatic rings. The predicted octanol–water partition coefficient (Wildman–Crippen LogP) is 4.72. The minimum atomic E-state index is 0.482. The Morgan fingerprint density at radius 3 is 2.11 bits per heavy atom. The highest BCUT2D eigenvalue weighted by molar-refractivity contribution is 6.16. The summed E-state index contributed by atoms with van der Waals surface area (Å²) < 4.78 is 0. The van der Waals surface area contributed by atoms with Crippen LogP contribution < -0.4 is 4.90 Å². The minimum Gasteiger partial charge on any atom is -0.357 e. The van der Waals surface area contributed by atoms with Gasteiger partial charge in [-0.3, -0.25) is 0 Å². The second-order valence-electron chi connectivity index (χ2n) is 5.97. The molecule has 1 rings (SSSR count). The Kier molecular flexibility index (Phi) is 7.22. The van der Waals surface area contributed by atoms with E-state index < -0.39 is 0 Å². The molecular weight excluding hydrogens is 256 g/mol. The van der Waals surface area contributed by atoms with Crippen LogP contribution in [0.4, 0.5) is 5.82 Å². The molecule has 0 bridgehead atoms. The molecule has 0 radical (unpaired) electrons. The first-order chi connectivity index (χ1) is 9.02. The standard InChI is InChI=1S/C16H27ClN2/c1-13(2)8-10-19(11-9-14(3)4)16-7-5-6-15(12-17)18-16/h5-7,13-14H,8-12H2,1-4H3. The molecule has 0 fully saturated rings. The van der Waals surface area contributed by atoms with Crippen LogP contribution in [0.3, 0.4) is 0 Å². The normalized spacial score (nSPS) is 11.3. The molecule has 0 N–H and O–H groups in total. The zero-order chi connectivity index (χ0) is 14.3. The number of pyridine rings is 1. The van der Waals surface area contributed by atoms with Crippen LogP contribution >= 0.6 is 11.6 Å². The third kappa shape index (κ3) is 6.29. The summed E-state index contributed by atoms with van der Waals surface area (Å²) in [6.07, 6.45) is 2.40. The molecule has 0 atom stereocenters. The summed E-state index contributed by atoms with van der Waals surface area (Å²) in [6.45, 7) is 11.2. The monoisotopic (exact) mass is 282 g/mol. The van der Waals surface area contributed by atoms with Crippen molar-refractivity contribution in [3.63, 3.8) is 0 Å². The lowest BCUT2D eigenvalue weighted by molar-refractivity contribution is 0.533. The maximum absolute atomic E-state index is 5.88. The van der Waals surface area contributed by atoms with E-state index in [1.54, 1.807) is 0 Å². The van der Waals surface area contributed by atoms with Gasteiger partial charge in [0.25, 0.3) is 0 Å². The largest absolute Gasteiger partial charge is 0.357 e. The molecule has 0 spiro atoms. The quantitative estimate of drug-likeness (QED) is 0.642. The topological polar surface area (TPSA) is 16.1 Å². The number of hydrogen-bond donors (Lipinski definition) is 0. The van der Waals surface area contributed by atoms with Gasteiger partial charge in [0.05, 0.1) is 11.6 Å². The summed E-state index contributed by atoms with van der Waals surface area (Å²) >= 11 is 5.88. The highest BCUT2D eigenvalue weighted by Gasteiger charge is 2.10. The van der Waals surface area contributed by atoms with Crippen molar-refractivity contribution >= 4 is 17.4 Å². The summed E-state index contributed by atoms with van der Waals surface area (Å²) in [5.41, 5.74) is 0.957. The fraction of sp³-hybridized carbons (Fsp3) is 0.688. The van der Waals surface area contributed by atoms with E-state index in [-0.39, 0.29) is 0 Å². The molecule has 0 saturated heterocycles. The van der Waals surface area contributed by atoms with Crippen LogP contribution in [0.2, 0.25) is 0 Å². The van der Waals surface area contributed by atoms with Gasteiger partial charge in [0.15, 0.2) is 0 Å². The summed E-state index contributed by atoms with van der Waals surface area (Å²) in [7, 11) is 0. The number of aromatic nitrogens is 1. The van der Waals surface area contributed by atoms with E-state index >= 15 is 0 Å². The molecular formula is C16H27ClN2. The van der Waals surface area contributed by atoms with Gasteiger partial charge >= 0.3 is 0 Å². The van der Waals surface area contributed by atoms with Crippen LogP contribution in [-0.2, 0) is 5.88 Å². The highest BCUT2D eigenvalue weighted by atomic mass is 35.5. The molecule has 0 aliphatic carbocycles. The number of alkyl halides is 1. The summed E-state index contributed by atoms with van der Waals surface area (Å²) in [4.78, 5) is 7.04. The van der Waals surface area contributed by atoms with Crippen LogP contribution in [-0.4, -0.2) is 18.1 Å². The van der Waals surface area contributed by atoms with Crippen molar-refractivity contribution < 1.29 is 0 Å². The smallest absolute Gasteiger partial charge is 0.128 e. The molecule has 1 aromatic rings. The maximum atomic E-state index is 5.88. The van der Waals surface area contributed by atoms with E-state index in [0.29, 0.717) is 5.88 Å². The van der Waals surface area contributed by atoms with Crippen LogP contribution in [0.5, 0.6) is 0 Å². The van der Waals surface area contributed by atoms with Gasteiger partial charge in [-0.2, -0.15) is 0 Å². The van der Waals surface area contributed by atoms with Gasteiger partial charge in [-0.15, -0.1) is 11.6 Å². The van der Waals surface area contributed by atoms with Crippen LogP contribution in [0, 0.1) is 11.8 Å². The zero-order valence-corrected chi connectivity index (χ0v) is 13.5. The second-order valence-corrected chi connectivity index (χ2v) is 6.24. The van der Waals surface area contributed by atoms with Crippen molar-refractivity contribution in [3.8, 4) is 0 Å². The van der Waals surface area contributed by atoms with Gasteiger partial charge in [0.1, 0.15) is 5.82 Å². The third-order valence-corrected chi connectivity index (χ3v) is 3.48. The number of halogens is 1. The molecule has 0 saturated carbocycles. The number of nitrogens with zero attached hydrogens (tertiary/aromatic N) is 2. The molecule has 3 heteroatoms. The Bertz CT molecular complexity index is 352. The van der Waals surface area contributed by atoms with E-state index in [1.165, 1.54) is 12.8 Å². The Balaban J connectivity index is 2.74. The Labute approximate surface area is 123 Å². The molecule has 2 nitrogen and oxygen atoms in total. The van der Waals surface area contributed by atoms with Gasteiger partial charge in [-0.25, -0.2) is 4.98 Å². The molecule has 0 unspecified atom stereocenters. The number of rotatable bonds is 8. The van der Waals surface area contributed by atoms with Crippen molar-refractivity contribution in [2.45, 2.75) is 46.4 Å². The summed E-state index contributed by atoms with van der Waals surface area (Å²) in [6, 6.07) is 6.13. The van der Waals surface area contributed by atoms with Crippen molar-refractivity contribution in [2.24, 2.45) is 11.8 Å². The highest BCUT2D eigenvalue weighted by Crippen LogP contribution is 2.16. The van der Waals surface area contributed by atoms with Gasteiger partial charge in [-0.1, -0.05) is 33.8 Å². The van der Waals surface area contributed by atoms with Gasteiger partial charge in [0.2, 0.25) is 0 Å². The molecule has 1 aromatic heterocycles. The number of hydrogen-bond acceptors (Lipinski definition) is 2. The van der Waals surface area contributed by atoms with E-state index in [1.807, 2.05) is 6.07 Å². The van der Waals surface area contributed by atoms with Crippen molar-refractivity contribution in [1.29, 1.82) is 0 Å². The molecule has 1 heterocycles. The lowest BCUT2D eigenvalue weighted by Crippen LogP contribution is -2.28. The fourth-order valence-corrected chi connectivity index (χ4v) is 2.04. The summed E-state index contributed by atoms with van der Waals surface area (Å²) in [5.74, 6) is 2.99. The predicted molar refractivity (Wildman–Crippen MR) is 84.9 cm³/mol. The summed E-state index contributed by atoms with van der Waals surface area (Å²) in [5, 5.41) is 0. The van der Waals surface area contributed by atoms with E-state index in [9.17, 15) is 0 Å². The lowest BCUT2D eigenvalue weighted by Gasteiger charge is -2.25. The Hall–Kier alpha value is -0.760. The first-order valence-corrected chi connectivity index (χ1v) is 7.83. The van der Waals surface area contributed by atoms with Crippen molar-refractivity contribution in [1.82, 2.24) is 4.98 Å². The molecule has 0 amide bonds.